The SMILES string of the molecule is [C-]#[N+]c1ncc(N2C(=O)C3(CCC3)N(c3ccc(-c4cccnc4)cc3)C2=S)cc1C. The predicted molar refractivity (Wildman–Crippen MR) is 124 cm³/mol. The van der Waals surface area contributed by atoms with Crippen molar-refractivity contribution in [3.63, 3.8) is 0 Å². The molecule has 1 saturated heterocycles. The lowest BCUT2D eigenvalue weighted by Gasteiger charge is -2.43. The minimum atomic E-state index is -0.640. The zero-order valence-corrected chi connectivity index (χ0v) is 17.8. The second-order valence-corrected chi connectivity index (χ2v) is 8.24. The van der Waals surface area contributed by atoms with Crippen molar-refractivity contribution in [1.82, 2.24) is 9.97 Å². The molecule has 2 aromatic heterocycles. The number of carbonyl (C=O) groups is 1. The molecule has 0 bridgehead atoms. The molecule has 1 aliphatic heterocycles. The smallest absolute Gasteiger partial charge is 0.272 e. The molecule has 2 aliphatic rings. The number of aromatic nitrogens is 2. The van der Waals surface area contributed by atoms with Gasteiger partial charge in [0.05, 0.1) is 5.69 Å². The fourth-order valence-corrected chi connectivity index (χ4v) is 4.81. The second kappa shape index (κ2) is 7.25. The van der Waals surface area contributed by atoms with Gasteiger partial charge in [-0.05, 0) is 79.4 Å². The van der Waals surface area contributed by atoms with Gasteiger partial charge in [-0.1, -0.05) is 24.8 Å². The zero-order chi connectivity index (χ0) is 21.6. The van der Waals surface area contributed by atoms with E-state index in [4.69, 9.17) is 18.8 Å². The molecule has 31 heavy (non-hydrogen) atoms. The Bertz CT molecular complexity index is 1230. The van der Waals surface area contributed by atoms with Gasteiger partial charge in [-0.15, -0.1) is 4.98 Å². The van der Waals surface area contributed by atoms with Crippen LogP contribution in [-0.4, -0.2) is 26.5 Å². The van der Waals surface area contributed by atoms with Crippen molar-refractivity contribution in [2.75, 3.05) is 9.80 Å². The fourth-order valence-electron chi connectivity index (χ4n) is 4.34. The van der Waals surface area contributed by atoms with Gasteiger partial charge < -0.3 is 9.74 Å². The summed E-state index contributed by atoms with van der Waals surface area (Å²) in [5.74, 6) is 0.319. The molecule has 1 spiro atoms. The fraction of sp³-hybridized carbons (Fsp3) is 0.208. The number of rotatable bonds is 3. The van der Waals surface area contributed by atoms with Gasteiger partial charge in [-0.3, -0.25) is 14.7 Å². The van der Waals surface area contributed by atoms with E-state index in [0.717, 1.165) is 41.6 Å². The summed E-state index contributed by atoms with van der Waals surface area (Å²) in [5.41, 5.74) is 3.69. The summed E-state index contributed by atoms with van der Waals surface area (Å²) in [6.45, 7) is 9.03. The molecule has 6 nitrogen and oxygen atoms in total. The molecule has 0 radical (unpaired) electrons. The van der Waals surface area contributed by atoms with Crippen molar-refractivity contribution >= 4 is 40.4 Å². The van der Waals surface area contributed by atoms with Crippen LogP contribution in [0.15, 0.2) is 61.1 Å². The number of amides is 1. The number of aryl methyl sites for hydroxylation is 1. The van der Waals surface area contributed by atoms with Crippen LogP contribution < -0.4 is 9.80 Å². The van der Waals surface area contributed by atoms with Crippen LogP contribution in [0.2, 0.25) is 0 Å². The Labute approximate surface area is 186 Å². The summed E-state index contributed by atoms with van der Waals surface area (Å²) in [6, 6.07) is 13.8. The first-order chi connectivity index (χ1) is 15.0. The molecular weight excluding hydrogens is 406 g/mol. The van der Waals surface area contributed by atoms with E-state index in [2.05, 4.69) is 14.8 Å². The van der Waals surface area contributed by atoms with Crippen LogP contribution in [0, 0.1) is 13.5 Å². The number of hydrogen-bond donors (Lipinski definition) is 0. The van der Waals surface area contributed by atoms with Crippen LogP contribution in [0.25, 0.3) is 16.0 Å². The second-order valence-electron chi connectivity index (χ2n) is 7.88. The first kappa shape index (κ1) is 19.3. The Morgan fingerprint density at radius 2 is 1.87 bits per heavy atom. The highest BCUT2D eigenvalue weighted by atomic mass is 32.1. The summed E-state index contributed by atoms with van der Waals surface area (Å²) in [5, 5.41) is 0.454. The van der Waals surface area contributed by atoms with Crippen molar-refractivity contribution in [2.45, 2.75) is 31.7 Å². The third-order valence-electron chi connectivity index (χ3n) is 6.11. The molecule has 0 unspecified atom stereocenters. The topological polar surface area (TPSA) is 53.7 Å². The number of thiocarbonyl (C=S) groups is 1. The summed E-state index contributed by atoms with van der Waals surface area (Å²) < 4.78 is 0. The minimum Gasteiger partial charge on any atom is -0.360 e. The molecule has 0 N–H and O–H groups in total. The Morgan fingerprint density at radius 1 is 1.10 bits per heavy atom. The Kier molecular flexibility index (Phi) is 4.53. The summed E-state index contributed by atoms with van der Waals surface area (Å²) >= 11 is 5.82. The highest BCUT2D eigenvalue weighted by molar-refractivity contribution is 7.81. The maximum Gasteiger partial charge on any atom is 0.272 e. The van der Waals surface area contributed by atoms with Gasteiger partial charge in [0.25, 0.3) is 11.7 Å². The van der Waals surface area contributed by atoms with Crippen LogP contribution >= 0.6 is 12.2 Å². The van der Waals surface area contributed by atoms with E-state index in [1.807, 2.05) is 60.5 Å². The van der Waals surface area contributed by atoms with Crippen molar-refractivity contribution in [3.05, 3.63) is 78.0 Å². The monoisotopic (exact) mass is 425 g/mol. The van der Waals surface area contributed by atoms with Crippen LogP contribution in [0.5, 0.6) is 0 Å². The van der Waals surface area contributed by atoms with Gasteiger partial charge in [0, 0.05) is 18.1 Å². The molecule has 1 amide bonds. The predicted octanol–water partition coefficient (Wildman–Crippen LogP) is 5.06. The number of carbonyl (C=O) groups excluding carboxylic acids is 1. The molecule has 3 aromatic rings. The van der Waals surface area contributed by atoms with Gasteiger partial charge in [0.2, 0.25) is 0 Å². The molecule has 7 heteroatoms. The first-order valence-corrected chi connectivity index (χ1v) is 10.5. The molecule has 0 atom stereocenters. The molecule has 2 fully saturated rings. The number of pyridine rings is 2. The van der Waals surface area contributed by atoms with E-state index in [0.29, 0.717) is 16.6 Å². The quantitative estimate of drug-likeness (QED) is 0.433. The molecule has 1 saturated carbocycles. The van der Waals surface area contributed by atoms with E-state index in [-0.39, 0.29) is 5.91 Å². The van der Waals surface area contributed by atoms with Crippen LogP contribution in [-0.2, 0) is 4.79 Å². The zero-order valence-electron chi connectivity index (χ0n) is 16.9. The van der Waals surface area contributed by atoms with E-state index in [1.54, 1.807) is 17.3 Å². The van der Waals surface area contributed by atoms with Gasteiger partial charge in [-0.25, -0.2) is 0 Å². The van der Waals surface area contributed by atoms with Crippen LogP contribution in [0.1, 0.15) is 24.8 Å². The molecular formula is C24H19N5OS. The maximum absolute atomic E-state index is 13.6. The average molecular weight is 426 g/mol. The van der Waals surface area contributed by atoms with Gasteiger partial charge in [-0.2, -0.15) is 0 Å². The Morgan fingerprint density at radius 3 is 2.45 bits per heavy atom. The van der Waals surface area contributed by atoms with Gasteiger partial charge in [0.1, 0.15) is 11.7 Å². The van der Waals surface area contributed by atoms with E-state index in [1.165, 1.54) is 0 Å². The molecule has 1 aromatic carbocycles. The summed E-state index contributed by atoms with van der Waals surface area (Å²) in [6.07, 6.45) is 7.66. The third-order valence-corrected chi connectivity index (χ3v) is 6.48. The third kappa shape index (κ3) is 2.91. The van der Waals surface area contributed by atoms with Crippen LogP contribution in [0.4, 0.5) is 17.2 Å². The van der Waals surface area contributed by atoms with E-state index < -0.39 is 5.54 Å². The lowest BCUT2D eigenvalue weighted by molar-refractivity contribution is -0.123. The maximum atomic E-state index is 13.6. The first-order valence-electron chi connectivity index (χ1n) is 10.1. The lowest BCUT2D eigenvalue weighted by atomic mass is 9.75. The van der Waals surface area contributed by atoms with E-state index >= 15 is 0 Å². The van der Waals surface area contributed by atoms with Crippen molar-refractivity contribution < 1.29 is 4.79 Å². The Balaban J connectivity index is 1.53. The number of benzene rings is 1. The molecule has 152 valence electrons. The summed E-state index contributed by atoms with van der Waals surface area (Å²) in [4.78, 5) is 29.0. The highest BCUT2D eigenvalue weighted by Gasteiger charge is 2.59. The Hall–Kier alpha value is -3.63. The van der Waals surface area contributed by atoms with Crippen LogP contribution in [0.3, 0.4) is 0 Å². The van der Waals surface area contributed by atoms with Crippen molar-refractivity contribution in [2.24, 2.45) is 0 Å². The largest absolute Gasteiger partial charge is 0.360 e. The normalized spacial score (nSPS) is 17.0. The summed E-state index contributed by atoms with van der Waals surface area (Å²) in [7, 11) is 0. The molecule has 1 aliphatic carbocycles. The molecule has 3 heterocycles. The van der Waals surface area contributed by atoms with Gasteiger partial charge in [0.15, 0.2) is 5.11 Å². The molecule has 5 rings (SSSR count). The minimum absolute atomic E-state index is 0.0168. The highest BCUT2D eigenvalue weighted by Crippen LogP contribution is 2.48. The number of anilines is 2. The number of nitrogens with zero attached hydrogens (tertiary/aromatic N) is 5. The van der Waals surface area contributed by atoms with Crippen molar-refractivity contribution in [3.8, 4) is 11.1 Å². The number of hydrogen-bond acceptors (Lipinski definition) is 4. The standard InChI is InChI=1S/C24H19N5OS/c1-16-13-20(15-27-21(16)25-2)28-22(30)24(10-4-11-24)29(23(28)31)19-8-6-17(7-9-19)18-5-3-12-26-14-18/h3,5-9,12-15H,4,10-11H2,1H3. The average Bonchev–Trinajstić information content (AvgIpc) is 3.01. The van der Waals surface area contributed by atoms with Gasteiger partial charge >= 0.3 is 0 Å². The van der Waals surface area contributed by atoms with E-state index in [9.17, 15) is 4.79 Å². The van der Waals surface area contributed by atoms with Crippen molar-refractivity contribution in [1.29, 1.82) is 0 Å². The lowest BCUT2D eigenvalue weighted by Crippen LogP contribution is -2.55.